The summed E-state index contributed by atoms with van der Waals surface area (Å²) in [6.07, 6.45) is -4.52. The third kappa shape index (κ3) is 3.28. The molecule has 26 heavy (non-hydrogen) atoms. The van der Waals surface area contributed by atoms with E-state index >= 15 is 0 Å². The van der Waals surface area contributed by atoms with Gasteiger partial charge in [-0.05, 0) is 42.8 Å². The molecule has 0 saturated heterocycles. The summed E-state index contributed by atoms with van der Waals surface area (Å²) in [6.45, 7) is 1.28. The van der Waals surface area contributed by atoms with Crippen LogP contribution in [0.25, 0.3) is 10.8 Å². The van der Waals surface area contributed by atoms with Crippen LogP contribution in [0.1, 0.15) is 21.5 Å². The summed E-state index contributed by atoms with van der Waals surface area (Å²) < 4.78 is 38.9. The van der Waals surface area contributed by atoms with Gasteiger partial charge in [-0.15, -0.1) is 10.2 Å². The van der Waals surface area contributed by atoms with Crippen molar-refractivity contribution in [1.29, 1.82) is 0 Å². The first-order valence-corrected chi connectivity index (χ1v) is 7.69. The van der Waals surface area contributed by atoms with E-state index in [1.807, 2.05) is 0 Å². The fourth-order valence-electron chi connectivity index (χ4n) is 2.52. The minimum atomic E-state index is -4.52. The number of hydrogen-bond donors (Lipinski definition) is 2. The largest absolute Gasteiger partial charge is 0.492 e. The van der Waals surface area contributed by atoms with Crippen LogP contribution in [0, 0.1) is 6.92 Å². The Morgan fingerprint density at radius 1 is 1.15 bits per heavy atom. The lowest BCUT2D eigenvalue weighted by atomic mass is 10.1. The number of nitrogens with zero attached hydrogens (tertiary/aromatic N) is 2. The number of rotatable bonds is 2. The Labute approximate surface area is 150 Å². The summed E-state index contributed by atoms with van der Waals surface area (Å²) in [5.74, 6) is -0.966. The third-order valence-corrected chi connectivity index (χ3v) is 4.14. The predicted molar refractivity (Wildman–Crippen MR) is 90.3 cm³/mol. The second kappa shape index (κ2) is 6.45. The number of alkyl halides is 3. The highest BCUT2D eigenvalue weighted by atomic mass is 35.5. The van der Waals surface area contributed by atoms with Crippen LogP contribution >= 0.6 is 11.6 Å². The van der Waals surface area contributed by atoms with E-state index in [1.165, 1.54) is 37.3 Å². The van der Waals surface area contributed by atoms with Crippen molar-refractivity contribution in [1.82, 2.24) is 10.2 Å². The minimum absolute atomic E-state index is 0.0114. The fraction of sp³-hybridized carbons (Fsp3) is 0.118. The number of nitrogens with one attached hydrogen (secondary N) is 1. The Morgan fingerprint density at radius 3 is 2.58 bits per heavy atom. The smallest absolute Gasteiger partial charge is 0.416 e. The van der Waals surface area contributed by atoms with E-state index in [0.29, 0.717) is 10.8 Å². The van der Waals surface area contributed by atoms with Gasteiger partial charge in [-0.1, -0.05) is 17.7 Å². The van der Waals surface area contributed by atoms with E-state index in [1.54, 1.807) is 0 Å². The Kier molecular flexibility index (Phi) is 4.45. The second-order valence-electron chi connectivity index (χ2n) is 5.50. The molecule has 0 fully saturated rings. The van der Waals surface area contributed by atoms with Gasteiger partial charge in [0.15, 0.2) is 5.15 Å². The Bertz CT molecular complexity index is 1020. The van der Waals surface area contributed by atoms with E-state index in [9.17, 15) is 23.1 Å². The average Bonchev–Trinajstić information content (AvgIpc) is 2.58. The summed E-state index contributed by atoms with van der Waals surface area (Å²) in [7, 11) is 0. The lowest BCUT2D eigenvalue weighted by Gasteiger charge is -2.14. The lowest BCUT2D eigenvalue weighted by molar-refractivity contribution is -0.138. The zero-order chi connectivity index (χ0) is 19.1. The number of aromatic hydroxyl groups is 1. The molecule has 0 radical (unpaired) electrons. The van der Waals surface area contributed by atoms with Crippen molar-refractivity contribution >= 4 is 34.0 Å². The molecule has 3 rings (SSSR count). The summed E-state index contributed by atoms with van der Waals surface area (Å²) in [5.41, 5.74) is -0.719. The molecule has 134 valence electrons. The Hall–Kier alpha value is -2.87. The van der Waals surface area contributed by atoms with Crippen LogP contribution < -0.4 is 5.32 Å². The maximum absolute atomic E-state index is 13.0. The van der Waals surface area contributed by atoms with E-state index < -0.39 is 17.6 Å². The quantitative estimate of drug-likeness (QED) is 0.682. The number of aromatic nitrogens is 2. The topological polar surface area (TPSA) is 75.1 Å². The van der Waals surface area contributed by atoms with Gasteiger partial charge in [0, 0.05) is 22.0 Å². The van der Waals surface area contributed by atoms with Gasteiger partial charge in [-0.2, -0.15) is 13.2 Å². The number of amides is 1. The number of hydrogen-bond acceptors (Lipinski definition) is 4. The number of anilines is 1. The van der Waals surface area contributed by atoms with E-state index in [2.05, 4.69) is 15.5 Å². The Morgan fingerprint density at radius 2 is 1.88 bits per heavy atom. The first-order chi connectivity index (χ1) is 12.2. The van der Waals surface area contributed by atoms with Crippen LogP contribution in [0.5, 0.6) is 5.88 Å². The highest BCUT2D eigenvalue weighted by Crippen LogP contribution is 2.35. The lowest BCUT2D eigenvalue weighted by Crippen LogP contribution is -2.15. The number of fused-ring (bicyclic) bond motifs is 1. The first kappa shape index (κ1) is 17.9. The molecule has 1 heterocycles. The number of benzene rings is 2. The fourth-order valence-corrected chi connectivity index (χ4v) is 2.72. The van der Waals surface area contributed by atoms with Gasteiger partial charge in [0.25, 0.3) is 5.91 Å². The van der Waals surface area contributed by atoms with Crippen LogP contribution in [-0.2, 0) is 6.18 Å². The van der Waals surface area contributed by atoms with Crippen molar-refractivity contribution < 1.29 is 23.1 Å². The molecule has 0 unspecified atom stereocenters. The van der Waals surface area contributed by atoms with Gasteiger partial charge in [0.05, 0.1) is 5.56 Å². The molecule has 2 N–H and O–H groups in total. The van der Waals surface area contributed by atoms with Gasteiger partial charge >= 0.3 is 6.18 Å². The van der Waals surface area contributed by atoms with Crippen molar-refractivity contribution in [3.63, 3.8) is 0 Å². The second-order valence-corrected chi connectivity index (χ2v) is 5.86. The molecule has 0 spiro atoms. The molecule has 0 saturated carbocycles. The van der Waals surface area contributed by atoms with Crippen LogP contribution in [0.15, 0.2) is 36.4 Å². The highest BCUT2D eigenvalue weighted by molar-refractivity contribution is 6.34. The zero-order valence-electron chi connectivity index (χ0n) is 13.2. The van der Waals surface area contributed by atoms with Crippen molar-refractivity contribution in [3.05, 3.63) is 58.2 Å². The number of carbonyl (C=O) groups is 1. The molecular weight excluding hydrogens is 371 g/mol. The molecule has 9 heteroatoms. The maximum atomic E-state index is 13.0. The first-order valence-electron chi connectivity index (χ1n) is 7.31. The number of carbonyl (C=O) groups excluding carboxylic acids is 1. The van der Waals surface area contributed by atoms with E-state index in [-0.39, 0.29) is 27.8 Å². The van der Waals surface area contributed by atoms with E-state index in [4.69, 9.17) is 11.6 Å². The molecule has 0 bridgehead atoms. The van der Waals surface area contributed by atoms with Crippen LogP contribution in [-0.4, -0.2) is 21.2 Å². The molecule has 0 aliphatic rings. The third-order valence-electron chi connectivity index (χ3n) is 3.86. The van der Waals surface area contributed by atoms with Crippen LogP contribution in [0.2, 0.25) is 5.15 Å². The van der Waals surface area contributed by atoms with Crippen molar-refractivity contribution in [2.75, 3.05) is 5.32 Å². The number of halogens is 4. The van der Waals surface area contributed by atoms with Crippen LogP contribution in [0.3, 0.4) is 0 Å². The predicted octanol–water partition coefficient (Wildman–Crippen LogP) is 4.57. The van der Waals surface area contributed by atoms with Gasteiger partial charge in [-0.3, -0.25) is 4.79 Å². The standard InChI is InChI=1S/C17H11ClF3N3O2/c1-8-12(17(19,20)21)3-2-4-13(8)22-15(25)9-5-6-10-11(7-9)14(18)23-24-16(10)26/h2-7H,1H3,(H,22,25)(H,24,26). The van der Waals surface area contributed by atoms with Crippen molar-refractivity contribution in [2.45, 2.75) is 13.1 Å². The monoisotopic (exact) mass is 381 g/mol. The van der Waals surface area contributed by atoms with E-state index in [0.717, 1.165) is 6.07 Å². The normalized spacial score (nSPS) is 11.6. The molecule has 3 aromatic rings. The zero-order valence-corrected chi connectivity index (χ0v) is 14.0. The van der Waals surface area contributed by atoms with Crippen molar-refractivity contribution in [3.8, 4) is 5.88 Å². The summed E-state index contributed by atoms with van der Waals surface area (Å²) in [5, 5.41) is 19.7. The van der Waals surface area contributed by atoms with Gasteiger partial charge in [-0.25, -0.2) is 0 Å². The maximum Gasteiger partial charge on any atom is 0.416 e. The highest BCUT2D eigenvalue weighted by Gasteiger charge is 2.33. The SMILES string of the molecule is Cc1c(NC(=O)c2ccc3c(O)nnc(Cl)c3c2)cccc1C(F)(F)F. The molecule has 1 aromatic heterocycles. The van der Waals surface area contributed by atoms with Crippen molar-refractivity contribution in [2.24, 2.45) is 0 Å². The van der Waals surface area contributed by atoms with Gasteiger partial charge in [0.2, 0.25) is 5.88 Å². The molecule has 0 aliphatic heterocycles. The summed E-state index contributed by atoms with van der Waals surface area (Å²) in [6, 6.07) is 7.76. The molecule has 1 amide bonds. The molecule has 5 nitrogen and oxygen atoms in total. The van der Waals surface area contributed by atoms with Gasteiger partial charge < -0.3 is 10.4 Å². The van der Waals surface area contributed by atoms with Gasteiger partial charge in [0.1, 0.15) is 0 Å². The molecule has 0 aliphatic carbocycles. The molecular formula is C17H11ClF3N3O2. The van der Waals surface area contributed by atoms with Crippen LogP contribution in [0.4, 0.5) is 18.9 Å². The minimum Gasteiger partial charge on any atom is -0.492 e. The Balaban J connectivity index is 1.97. The molecule has 2 aromatic carbocycles. The summed E-state index contributed by atoms with van der Waals surface area (Å²) in [4.78, 5) is 12.4. The molecule has 0 atom stereocenters. The average molecular weight is 382 g/mol. The summed E-state index contributed by atoms with van der Waals surface area (Å²) >= 11 is 5.92.